The average molecular weight is 195 g/mol. The van der Waals surface area contributed by atoms with Crippen LogP contribution in [0.25, 0.3) is 0 Å². The van der Waals surface area contributed by atoms with Crippen molar-refractivity contribution < 1.29 is 0 Å². The monoisotopic (exact) mass is 194 g/mol. The molecule has 0 aliphatic rings. The van der Waals surface area contributed by atoms with Crippen LogP contribution in [-0.2, 0) is 0 Å². The molecule has 0 aromatic heterocycles. The van der Waals surface area contributed by atoms with Crippen LogP contribution in [0.15, 0.2) is 30.3 Å². The Morgan fingerprint density at radius 3 is 2.40 bits per heavy atom. The molecule has 1 heteroatoms. The number of rotatable bonds is 1. The van der Waals surface area contributed by atoms with Gasteiger partial charge in [-0.25, -0.2) is 0 Å². The Balaban J connectivity index is 2.88. The highest BCUT2D eigenvalue weighted by Crippen LogP contribution is 2.20. The van der Waals surface area contributed by atoms with E-state index in [1.807, 2.05) is 30.3 Å². The fourth-order valence-electron chi connectivity index (χ4n) is 0.718. The van der Waals surface area contributed by atoms with Gasteiger partial charge in [-0.15, -0.1) is 6.42 Å². The summed E-state index contributed by atoms with van der Waals surface area (Å²) in [6, 6.07) is 9.92. The summed E-state index contributed by atoms with van der Waals surface area (Å²) in [6.07, 6.45) is 5.21. The summed E-state index contributed by atoms with van der Waals surface area (Å²) in [5, 5.41) is 0. The molecule has 50 valence electrons. The summed E-state index contributed by atoms with van der Waals surface area (Å²) in [5.41, 5.74) is 1.13. The van der Waals surface area contributed by atoms with E-state index in [-0.39, 0.29) is 4.83 Å². The molecule has 1 aromatic rings. The number of terminal acetylenes is 1. The maximum atomic E-state index is 5.21. The molecule has 10 heavy (non-hydrogen) atoms. The normalized spacial score (nSPS) is 12.0. The van der Waals surface area contributed by atoms with E-state index in [0.717, 1.165) is 5.56 Å². The van der Waals surface area contributed by atoms with Crippen LogP contribution in [-0.4, -0.2) is 0 Å². The minimum Gasteiger partial charge on any atom is -0.119 e. The molecule has 0 bridgehead atoms. The van der Waals surface area contributed by atoms with Crippen molar-refractivity contribution in [3.8, 4) is 12.3 Å². The van der Waals surface area contributed by atoms with Crippen molar-refractivity contribution in [3.05, 3.63) is 35.9 Å². The third-order valence-electron chi connectivity index (χ3n) is 1.24. The molecule has 0 heterocycles. The van der Waals surface area contributed by atoms with Gasteiger partial charge in [-0.3, -0.25) is 0 Å². The summed E-state index contributed by atoms with van der Waals surface area (Å²) in [6.45, 7) is 0. The van der Waals surface area contributed by atoms with E-state index in [2.05, 4.69) is 21.9 Å². The topological polar surface area (TPSA) is 0 Å². The highest BCUT2D eigenvalue weighted by atomic mass is 79.9. The lowest BCUT2D eigenvalue weighted by Crippen LogP contribution is -1.82. The van der Waals surface area contributed by atoms with Gasteiger partial charge in [0.05, 0.1) is 0 Å². The summed E-state index contributed by atoms with van der Waals surface area (Å²) in [5.74, 6) is 2.60. The zero-order chi connectivity index (χ0) is 7.40. The van der Waals surface area contributed by atoms with Crippen LogP contribution in [0, 0.1) is 12.3 Å². The molecule has 0 saturated carbocycles. The van der Waals surface area contributed by atoms with Crippen LogP contribution in [0.2, 0.25) is 0 Å². The van der Waals surface area contributed by atoms with Crippen LogP contribution >= 0.6 is 15.9 Å². The zero-order valence-electron chi connectivity index (χ0n) is 5.42. The van der Waals surface area contributed by atoms with Gasteiger partial charge in [-0.05, 0) is 5.56 Å². The van der Waals surface area contributed by atoms with Crippen molar-refractivity contribution in [1.29, 1.82) is 0 Å². The van der Waals surface area contributed by atoms with Crippen molar-refractivity contribution in [3.63, 3.8) is 0 Å². The first-order chi connectivity index (χ1) is 4.84. The number of halogens is 1. The molecule has 0 fully saturated rings. The van der Waals surface area contributed by atoms with Crippen LogP contribution in [0.1, 0.15) is 10.4 Å². The van der Waals surface area contributed by atoms with Gasteiger partial charge in [-0.1, -0.05) is 52.2 Å². The molecule has 0 nitrogen and oxygen atoms in total. The molecule has 1 atom stereocenters. The standard InChI is InChI=1S/C9H7Br/c1-2-9(10)8-6-4-3-5-7-8/h1,3-7,9H. The van der Waals surface area contributed by atoms with Crippen molar-refractivity contribution in [2.75, 3.05) is 0 Å². The maximum absolute atomic E-state index is 5.21. The third-order valence-corrected chi connectivity index (χ3v) is 2.03. The van der Waals surface area contributed by atoms with Crippen LogP contribution in [0.5, 0.6) is 0 Å². The molecule has 1 aromatic carbocycles. The molecular formula is C9H7Br. The molecular weight excluding hydrogens is 188 g/mol. The average Bonchev–Trinajstić information content (AvgIpc) is 2.05. The number of alkyl halides is 1. The SMILES string of the molecule is C#CC(Br)c1ccccc1. The second-order valence-corrected chi connectivity index (χ2v) is 2.86. The Hall–Kier alpha value is -0.740. The lowest BCUT2D eigenvalue weighted by molar-refractivity contribution is 1.31. The van der Waals surface area contributed by atoms with Gasteiger partial charge in [0.1, 0.15) is 4.83 Å². The molecule has 0 saturated heterocycles. The summed E-state index contributed by atoms with van der Waals surface area (Å²) in [4.78, 5) is 0.0497. The lowest BCUT2D eigenvalue weighted by Gasteiger charge is -1.99. The first-order valence-corrected chi connectivity index (χ1v) is 3.91. The highest BCUT2D eigenvalue weighted by molar-refractivity contribution is 9.09. The Bertz CT molecular complexity index is 233. The van der Waals surface area contributed by atoms with Gasteiger partial charge in [0.2, 0.25) is 0 Å². The van der Waals surface area contributed by atoms with Gasteiger partial charge in [-0.2, -0.15) is 0 Å². The summed E-state index contributed by atoms with van der Waals surface area (Å²) >= 11 is 3.35. The summed E-state index contributed by atoms with van der Waals surface area (Å²) < 4.78 is 0. The van der Waals surface area contributed by atoms with Crippen LogP contribution < -0.4 is 0 Å². The molecule has 0 radical (unpaired) electrons. The van der Waals surface area contributed by atoms with Gasteiger partial charge < -0.3 is 0 Å². The zero-order valence-corrected chi connectivity index (χ0v) is 7.01. The van der Waals surface area contributed by atoms with E-state index >= 15 is 0 Å². The quantitative estimate of drug-likeness (QED) is 0.477. The predicted octanol–water partition coefficient (Wildman–Crippen LogP) is 2.76. The van der Waals surface area contributed by atoms with E-state index in [0.29, 0.717) is 0 Å². The van der Waals surface area contributed by atoms with Crippen molar-refractivity contribution in [2.45, 2.75) is 4.83 Å². The number of benzene rings is 1. The van der Waals surface area contributed by atoms with Gasteiger partial charge in [0, 0.05) is 0 Å². The van der Waals surface area contributed by atoms with Gasteiger partial charge in [0.25, 0.3) is 0 Å². The van der Waals surface area contributed by atoms with Crippen LogP contribution in [0.3, 0.4) is 0 Å². The largest absolute Gasteiger partial charge is 0.119 e. The molecule has 0 aliphatic heterocycles. The number of hydrogen-bond donors (Lipinski definition) is 0. The Morgan fingerprint density at radius 1 is 1.30 bits per heavy atom. The minimum absolute atomic E-state index is 0.0497. The first kappa shape index (κ1) is 7.37. The molecule has 0 amide bonds. The molecule has 1 rings (SSSR count). The minimum atomic E-state index is 0.0497. The Labute approximate surface area is 69.4 Å². The predicted molar refractivity (Wildman–Crippen MR) is 46.9 cm³/mol. The van der Waals surface area contributed by atoms with Gasteiger partial charge in [0.15, 0.2) is 0 Å². The first-order valence-electron chi connectivity index (χ1n) is 2.99. The van der Waals surface area contributed by atoms with E-state index in [9.17, 15) is 0 Å². The second kappa shape index (κ2) is 3.43. The summed E-state index contributed by atoms with van der Waals surface area (Å²) in [7, 11) is 0. The fraction of sp³-hybridized carbons (Fsp3) is 0.111. The lowest BCUT2D eigenvalue weighted by atomic mass is 10.2. The Morgan fingerprint density at radius 2 is 1.90 bits per heavy atom. The molecule has 0 N–H and O–H groups in total. The smallest absolute Gasteiger partial charge is 0.100 e. The van der Waals surface area contributed by atoms with E-state index in [1.165, 1.54) is 0 Å². The highest BCUT2D eigenvalue weighted by Gasteiger charge is 1.99. The van der Waals surface area contributed by atoms with Crippen molar-refractivity contribution in [1.82, 2.24) is 0 Å². The maximum Gasteiger partial charge on any atom is 0.100 e. The second-order valence-electron chi connectivity index (χ2n) is 1.94. The van der Waals surface area contributed by atoms with Crippen molar-refractivity contribution >= 4 is 15.9 Å². The molecule has 0 aliphatic carbocycles. The molecule has 0 spiro atoms. The van der Waals surface area contributed by atoms with Crippen molar-refractivity contribution in [2.24, 2.45) is 0 Å². The van der Waals surface area contributed by atoms with Crippen LogP contribution in [0.4, 0.5) is 0 Å². The fourth-order valence-corrected chi connectivity index (χ4v) is 1.02. The van der Waals surface area contributed by atoms with E-state index < -0.39 is 0 Å². The third kappa shape index (κ3) is 1.62. The van der Waals surface area contributed by atoms with E-state index in [4.69, 9.17) is 6.42 Å². The van der Waals surface area contributed by atoms with Gasteiger partial charge >= 0.3 is 0 Å². The Kier molecular flexibility index (Phi) is 2.53. The molecule has 1 unspecified atom stereocenters. The number of hydrogen-bond acceptors (Lipinski definition) is 0. The van der Waals surface area contributed by atoms with E-state index in [1.54, 1.807) is 0 Å².